The van der Waals surface area contributed by atoms with Crippen LogP contribution in [-0.4, -0.2) is 58.0 Å². The molecule has 9 heteroatoms. The zero-order valence-corrected chi connectivity index (χ0v) is 15.2. The maximum atomic E-state index is 12.6. The summed E-state index contributed by atoms with van der Waals surface area (Å²) in [6.07, 6.45) is -3.09. The van der Waals surface area contributed by atoms with Gasteiger partial charge in [0.05, 0.1) is 11.8 Å². The van der Waals surface area contributed by atoms with Gasteiger partial charge in [-0.05, 0) is 24.6 Å². The summed E-state index contributed by atoms with van der Waals surface area (Å²) in [6.45, 7) is 5.07. The predicted molar refractivity (Wildman–Crippen MR) is 92.3 cm³/mol. The van der Waals surface area contributed by atoms with E-state index in [0.717, 1.165) is 11.3 Å². The average Bonchev–Trinajstić information content (AvgIpc) is 2.95. The van der Waals surface area contributed by atoms with Crippen molar-refractivity contribution in [2.24, 2.45) is 7.05 Å². The van der Waals surface area contributed by atoms with Crippen LogP contribution in [0.15, 0.2) is 30.5 Å². The predicted octanol–water partition coefficient (Wildman–Crippen LogP) is 2.59. The molecule has 146 valence electrons. The zero-order chi connectivity index (χ0) is 19.6. The minimum atomic E-state index is -4.68. The molecular formula is C18H21F3N4O2. The summed E-state index contributed by atoms with van der Waals surface area (Å²) in [7, 11) is 1.80. The molecule has 0 unspecified atom stereocenters. The summed E-state index contributed by atoms with van der Waals surface area (Å²) in [6, 6.07) is 5.87. The van der Waals surface area contributed by atoms with E-state index in [-0.39, 0.29) is 11.7 Å². The van der Waals surface area contributed by atoms with Crippen molar-refractivity contribution in [3.63, 3.8) is 0 Å². The SMILES string of the molecule is Cc1c(C(=O)N2CCN(Cc3ccc(OC(F)(F)F)cc3)CC2)cnn1C. The van der Waals surface area contributed by atoms with Gasteiger partial charge in [-0.3, -0.25) is 14.4 Å². The highest BCUT2D eigenvalue weighted by Gasteiger charge is 2.31. The molecule has 1 aliphatic heterocycles. The van der Waals surface area contributed by atoms with Crippen LogP contribution in [0.1, 0.15) is 21.6 Å². The van der Waals surface area contributed by atoms with Gasteiger partial charge in [0.1, 0.15) is 5.75 Å². The number of halogens is 3. The quantitative estimate of drug-likeness (QED) is 0.816. The Bertz CT molecular complexity index is 794. The monoisotopic (exact) mass is 382 g/mol. The van der Waals surface area contributed by atoms with Gasteiger partial charge < -0.3 is 9.64 Å². The Balaban J connectivity index is 1.52. The van der Waals surface area contributed by atoms with Crippen molar-refractivity contribution in [1.82, 2.24) is 19.6 Å². The molecule has 3 rings (SSSR count). The number of amides is 1. The third kappa shape index (κ3) is 4.79. The van der Waals surface area contributed by atoms with E-state index in [0.29, 0.717) is 38.3 Å². The van der Waals surface area contributed by atoms with Gasteiger partial charge in [0.2, 0.25) is 0 Å². The van der Waals surface area contributed by atoms with Gasteiger partial charge in [-0.2, -0.15) is 5.10 Å². The second-order valence-corrected chi connectivity index (χ2v) is 6.53. The van der Waals surface area contributed by atoms with E-state index >= 15 is 0 Å². The van der Waals surface area contributed by atoms with Crippen molar-refractivity contribution >= 4 is 5.91 Å². The molecule has 0 N–H and O–H groups in total. The van der Waals surface area contributed by atoms with Crippen LogP contribution in [0, 0.1) is 6.92 Å². The van der Waals surface area contributed by atoms with E-state index in [2.05, 4.69) is 14.7 Å². The molecule has 1 amide bonds. The fraction of sp³-hybridized carbons (Fsp3) is 0.444. The molecule has 0 aliphatic carbocycles. The maximum Gasteiger partial charge on any atom is 0.573 e. The molecule has 1 saturated heterocycles. The molecule has 1 aromatic carbocycles. The molecule has 2 heterocycles. The molecule has 0 bridgehead atoms. The standard InChI is InChI=1S/C18H21F3N4O2/c1-13-16(11-22-23(13)2)17(26)25-9-7-24(8-10-25)12-14-3-5-15(6-4-14)27-18(19,20)21/h3-6,11H,7-10,12H2,1-2H3. The van der Waals surface area contributed by atoms with Crippen molar-refractivity contribution in [1.29, 1.82) is 0 Å². The van der Waals surface area contributed by atoms with Gasteiger partial charge in [-0.1, -0.05) is 12.1 Å². The number of aryl methyl sites for hydroxylation is 1. The van der Waals surface area contributed by atoms with E-state index in [1.54, 1.807) is 35.0 Å². The molecule has 1 aromatic heterocycles. The second-order valence-electron chi connectivity index (χ2n) is 6.53. The number of alkyl halides is 3. The van der Waals surface area contributed by atoms with Crippen LogP contribution in [0.25, 0.3) is 0 Å². The van der Waals surface area contributed by atoms with Crippen LogP contribution < -0.4 is 4.74 Å². The molecule has 1 aliphatic rings. The van der Waals surface area contributed by atoms with Gasteiger partial charge in [0.25, 0.3) is 5.91 Å². The number of hydrogen-bond donors (Lipinski definition) is 0. The molecule has 27 heavy (non-hydrogen) atoms. The Morgan fingerprint density at radius 3 is 2.30 bits per heavy atom. The first-order chi connectivity index (χ1) is 12.7. The zero-order valence-electron chi connectivity index (χ0n) is 15.2. The van der Waals surface area contributed by atoms with Crippen LogP contribution in [0.2, 0.25) is 0 Å². The highest BCUT2D eigenvalue weighted by Crippen LogP contribution is 2.23. The van der Waals surface area contributed by atoms with Crippen LogP contribution >= 0.6 is 0 Å². The third-order valence-electron chi connectivity index (χ3n) is 4.69. The van der Waals surface area contributed by atoms with E-state index in [1.165, 1.54) is 12.1 Å². The van der Waals surface area contributed by atoms with Crippen LogP contribution in [0.4, 0.5) is 13.2 Å². The van der Waals surface area contributed by atoms with Crippen molar-refractivity contribution < 1.29 is 22.7 Å². The van der Waals surface area contributed by atoms with Crippen LogP contribution in [0.5, 0.6) is 5.75 Å². The van der Waals surface area contributed by atoms with Gasteiger partial charge >= 0.3 is 6.36 Å². The molecule has 0 radical (unpaired) electrons. The Morgan fingerprint density at radius 1 is 1.15 bits per heavy atom. The second kappa shape index (κ2) is 7.59. The number of piperazine rings is 1. The topological polar surface area (TPSA) is 50.6 Å². The molecule has 1 fully saturated rings. The van der Waals surface area contributed by atoms with Crippen molar-refractivity contribution in [2.45, 2.75) is 19.8 Å². The number of rotatable bonds is 4. The molecule has 2 aromatic rings. The number of benzene rings is 1. The van der Waals surface area contributed by atoms with E-state index < -0.39 is 6.36 Å². The first-order valence-corrected chi connectivity index (χ1v) is 8.58. The lowest BCUT2D eigenvalue weighted by molar-refractivity contribution is -0.274. The van der Waals surface area contributed by atoms with Gasteiger partial charge in [-0.25, -0.2) is 0 Å². The smallest absolute Gasteiger partial charge is 0.406 e. The minimum Gasteiger partial charge on any atom is -0.406 e. The summed E-state index contributed by atoms with van der Waals surface area (Å²) in [5.74, 6) is -0.248. The summed E-state index contributed by atoms with van der Waals surface area (Å²) in [5.41, 5.74) is 2.35. The molecular weight excluding hydrogens is 361 g/mol. The first-order valence-electron chi connectivity index (χ1n) is 8.58. The van der Waals surface area contributed by atoms with Gasteiger partial charge in [-0.15, -0.1) is 13.2 Å². The molecule has 0 saturated carbocycles. The number of nitrogens with zero attached hydrogens (tertiary/aromatic N) is 4. The Labute approximate surface area is 155 Å². The fourth-order valence-electron chi connectivity index (χ4n) is 3.04. The molecule has 6 nitrogen and oxygen atoms in total. The summed E-state index contributed by atoms with van der Waals surface area (Å²) >= 11 is 0. The Hall–Kier alpha value is -2.55. The Morgan fingerprint density at radius 2 is 1.78 bits per heavy atom. The highest BCUT2D eigenvalue weighted by atomic mass is 19.4. The largest absolute Gasteiger partial charge is 0.573 e. The van der Waals surface area contributed by atoms with Gasteiger partial charge in [0.15, 0.2) is 0 Å². The summed E-state index contributed by atoms with van der Waals surface area (Å²) in [5, 5.41) is 4.11. The summed E-state index contributed by atoms with van der Waals surface area (Å²) < 4.78 is 42.1. The van der Waals surface area contributed by atoms with Crippen molar-refractivity contribution in [3.05, 3.63) is 47.3 Å². The van der Waals surface area contributed by atoms with Crippen molar-refractivity contribution in [2.75, 3.05) is 26.2 Å². The first kappa shape index (κ1) is 19.2. The van der Waals surface area contributed by atoms with E-state index in [9.17, 15) is 18.0 Å². The van der Waals surface area contributed by atoms with E-state index in [4.69, 9.17) is 0 Å². The van der Waals surface area contributed by atoms with Gasteiger partial charge in [0, 0.05) is 45.5 Å². The van der Waals surface area contributed by atoms with Crippen molar-refractivity contribution in [3.8, 4) is 5.75 Å². The number of carbonyl (C=O) groups excluding carboxylic acids is 1. The normalized spacial score (nSPS) is 15.8. The average molecular weight is 382 g/mol. The fourth-order valence-corrected chi connectivity index (χ4v) is 3.04. The number of hydrogen-bond acceptors (Lipinski definition) is 4. The lowest BCUT2D eigenvalue weighted by Gasteiger charge is -2.34. The highest BCUT2D eigenvalue weighted by molar-refractivity contribution is 5.95. The number of aromatic nitrogens is 2. The minimum absolute atomic E-state index is 0.0195. The van der Waals surface area contributed by atoms with Crippen LogP contribution in [0.3, 0.4) is 0 Å². The molecule has 0 spiro atoms. The Kier molecular flexibility index (Phi) is 5.41. The molecule has 0 atom stereocenters. The maximum absolute atomic E-state index is 12.6. The third-order valence-corrected chi connectivity index (χ3v) is 4.69. The lowest BCUT2D eigenvalue weighted by atomic mass is 10.1. The van der Waals surface area contributed by atoms with Crippen LogP contribution in [-0.2, 0) is 13.6 Å². The number of ether oxygens (including phenoxy) is 1. The summed E-state index contributed by atoms with van der Waals surface area (Å²) in [4.78, 5) is 16.6. The number of carbonyl (C=O) groups is 1. The van der Waals surface area contributed by atoms with E-state index in [1.807, 2.05) is 6.92 Å². The lowest BCUT2D eigenvalue weighted by Crippen LogP contribution is -2.48.